The van der Waals surface area contributed by atoms with Gasteiger partial charge in [0.2, 0.25) is 0 Å². The standard InChI is InChI=1S/C15H12ClFN2O2/c16-11-3-1-9(5-12(11)17)7-18-10-2-4-14-13(6-10)19-15(20)8-21-14/h1-6,18H,7-8H2,(H,19,20). The lowest BCUT2D eigenvalue weighted by atomic mass is 10.2. The number of fused-ring (bicyclic) bond motifs is 1. The zero-order chi connectivity index (χ0) is 14.8. The van der Waals surface area contributed by atoms with Gasteiger partial charge in [0.15, 0.2) is 6.61 Å². The van der Waals surface area contributed by atoms with E-state index < -0.39 is 5.82 Å². The van der Waals surface area contributed by atoms with Crippen LogP contribution in [0.3, 0.4) is 0 Å². The van der Waals surface area contributed by atoms with E-state index >= 15 is 0 Å². The summed E-state index contributed by atoms with van der Waals surface area (Å²) < 4.78 is 18.6. The Morgan fingerprint density at radius 2 is 2.14 bits per heavy atom. The minimum absolute atomic E-state index is 0.0316. The van der Waals surface area contributed by atoms with Crippen molar-refractivity contribution in [3.8, 4) is 5.75 Å². The van der Waals surface area contributed by atoms with Crippen LogP contribution in [0.4, 0.5) is 15.8 Å². The molecule has 3 rings (SSSR count). The number of nitrogens with one attached hydrogen (secondary N) is 2. The summed E-state index contributed by atoms with van der Waals surface area (Å²) in [5, 5.41) is 5.99. The lowest BCUT2D eigenvalue weighted by Crippen LogP contribution is -2.25. The second-order valence-corrected chi connectivity index (χ2v) is 5.06. The molecule has 0 fully saturated rings. The average molecular weight is 307 g/mol. The Balaban J connectivity index is 1.72. The summed E-state index contributed by atoms with van der Waals surface area (Å²) in [4.78, 5) is 11.3. The van der Waals surface area contributed by atoms with E-state index in [2.05, 4.69) is 10.6 Å². The fourth-order valence-corrected chi connectivity index (χ4v) is 2.16. The minimum atomic E-state index is -0.443. The fourth-order valence-electron chi connectivity index (χ4n) is 2.05. The molecule has 0 atom stereocenters. The van der Waals surface area contributed by atoms with Gasteiger partial charge in [-0.1, -0.05) is 17.7 Å². The topological polar surface area (TPSA) is 50.4 Å². The summed E-state index contributed by atoms with van der Waals surface area (Å²) in [7, 11) is 0. The van der Waals surface area contributed by atoms with Gasteiger partial charge in [-0.25, -0.2) is 4.39 Å². The Morgan fingerprint density at radius 1 is 1.29 bits per heavy atom. The summed E-state index contributed by atoms with van der Waals surface area (Å²) in [6.07, 6.45) is 0. The molecule has 1 aliphatic rings. The molecule has 2 aromatic carbocycles. The van der Waals surface area contributed by atoms with Crippen molar-refractivity contribution < 1.29 is 13.9 Å². The molecule has 0 aromatic heterocycles. The maximum absolute atomic E-state index is 13.3. The van der Waals surface area contributed by atoms with Crippen LogP contribution in [0.25, 0.3) is 0 Å². The highest BCUT2D eigenvalue weighted by Gasteiger charge is 2.15. The molecule has 0 saturated heterocycles. The zero-order valence-electron chi connectivity index (χ0n) is 11.0. The van der Waals surface area contributed by atoms with Crippen LogP contribution in [-0.4, -0.2) is 12.5 Å². The maximum atomic E-state index is 13.3. The summed E-state index contributed by atoms with van der Waals surface area (Å²) in [5.41, 5.74) is 2.20. The number of hydrogen-bond donors (Lipinski definition) is 2. The van der Waals surface area contributed by atoms with Crippen molar-refractivity contribution in [3.05, 3.63) is 52.8 Å². The highest BCUT2D eigenvalue weighted by molar-refractivity contribution is 6.30. The highest BCUT2D eigenvalue weighted by Crippen LogP contribution is 2.30. The van der Waals surface area contributed by atoms with Gasteiger partial charge < -0.3 is 15.4 Å². The van der Waals surface area contributed by atoms with Gasteiger partial charge in [0.1, 0.15) is 11.6 Å². The molecule has 4 nitrogen and oxygen atoms in total. The second-order valence-electron chi connectivity index (χ2n) is 4.65. The van der Waals surface area contributed by atoms with Crippen LogP contribution in [-0.2, 0) is 11.3 Å². The zero-order valence-corrected chi connectivity index (χ0v) is 11.7. The van der Waals surface area contributed by atoms with Crippen molar-refractivity contribution in [1.82, 2.24) is 0 Å². The predicted octanol–water partition coefficient (Wildman–Crippen LogP) is 3.42. The summed E-state index contributed by atoms with van der Waals surface area (Å²) >= 11 is 5.64. The molecule has 1 heterocycles. The van der Waals surface area contributed by atoms with E-state index in [1.165, 1.54) is 12.1 Å². The van der Waals surface area contributed by atoms with Crippen molar-refractivity contribution in [2.75, 3.05) is 17.2 Å². The number of halogens is 2. The molecule has 1 amide bonds. The normalized spacial score (nSPS) is 13.1. The number of carbonyl (C=O) groups excluding carboxylic acids is 1. The molecule has 21 heavy (non-hydrogen) atoms. The van der Waals surface area contributed by atoms with Crippen LogP contribution in [0.15, 0.2) is 36.4 Å². The third-order valence-electron chi connectivity index (χ3n) is 3.09. The number of ether oxygens (including phenoxy) is 1. The van der Waals surface area contributed by atoms with E-state index in [0.29, 0.717) is 18.0 Å². The maximum Gasteiger partial charge on any atom is 0.262 e. The Labute approximate surface area is 125 Å². The van der Waals surface area contributed by atoms with Crippen LogP contribution < -0.4 is 15.4 Å². The van der Waals surface area contributed by atoms with Crippen LogP contribution in [0, 0.1) is 5.82 Å². The first-order valence-electron chi connectivity index (χ1n) is 6.36. The molecule has 0 bridgehead atoms. The first kappa shape index (κ1) is 13.7. The molecule has 1 aliphatic heterocycles. The second kappa shape index (κ2) is 5.61. The van der Waals surface area contributed by atoms with Gasteiger partial charge in [-0.3, -0.25) is 4.79 Å². The van der Waals surface area contributed by atoms with E-state index in [4.69, 9.17) is 16.3 Å². The smallest absolute Gasteiger partial charge is 0.262 e. The van der Waals surface area contributed by atoms with Gasteiger partial charge in [0.25, 0.3) is 5.91 Å². The van der Waals surface area contributed by atoms with Crippen LogP contribution in [0.2, 0.25) is 5.02 Å². The van der Waals surface area contributed by atoms with E-state index in [0.717, 1.165) is 11.3 Å². The Bertz CT molecular complexity index is 706. The predicted molar refractivity (Wildman–Crippen MR) is 79.3 cm³/mol. The van der Waals surface area contributed by atoms with Crippen LogP contribution in [0.1, 0.15) is 5.56 Å². The number of hydrogen-bond acceptors (Lipinski definition) is 3. The summed E-state index contributed by atoms with van der Waals surface area (Å²) in [6.45, 7) is 0.478. The third kappa shape index (κ3) is 3.08. The Morgan fingerprint density at radius 3 is 2.95 bits per heavy atom. The number of carbonyl (C=O) groups is 1. The van der Waals surface area contributed by atoms with Crippen molar-refractivity contribution in [2.45, 2.75) is 6.54 Å². The van der Waals surface area contributed by atoms with Gasteiger partial charge in [-0.2, -0.15) is 0 Å². The van der Waals surface area contributed by atoms with Crippen LogP contribution >= 0.6 is 11.6 Å². The summed E-state index contributed by atoms with van der Waals surface area (Å²) in [5.74, 6) is 0.0131. The molecule has 0 saturated carbocycles. The van der Waals surface area contributed by atoms with Gasteiger partial charge in [-0.15, -0.1) is 0 Å². The number of benzene rings is 2. The minimum Gasteiger partial charge on any atom is -0.482 e. The Hall–Kier alpha value is -2.27. The molecular formula is C15H12ClFN2O2. The van der Waals surface area contributed by atoms with Crippen LogP contribution in [0.5, 0.6) is 5.75 Å². The molecule has 108 valence electrons. The molecule has 0 radical (unpaired) electrons. The van der Waals surface area contributed by atoms with Crippen molar-refractivity contribution in [2.24, 2.45) is 0 Å². The van der Waals surface area contributed by atoms with E-state index in [1.807, 2.05) is 6.07 Å². The molecule has 2 N–H and O–H groups in total. The van der Waals surface area contributed by atoms with E-state index in [9.17, 15) is 9.18 Å². The van der Waals surface area contributed by atoms with Gasteiger partial charge in [-0.05, 0) is 35.9 Å². The first-order valence-corrected chi connectivity index (χ1v) is 6.74. The molecular weight excluding hydrogens is 295 g/mol. The monoisotopic (exact) mass is 306 g/mol. The van der Waals surface area contributed by atoms with E-state index in [1.54, 1.807) is 18.2 Å². The van der Waals surface area contributed by atoms with Crippen molar-refractivity contribution in [1.29, 1.82) is 0 Å². The van der Waals surface area contributed by atoms with E-state index in [-0.39, 0.29) is 17.5 Å². The molecule has 2 aromatic rings. The lowest BCUT2D eigenvalue weighted by Gasteiger charge is -2.19. The third-order valence-corrected chi connectivity index (χ3v) is 3.40. The first-order chi connectivity index (χ1) is 10.1. The van der Waals surface area contributed by atoms with Crippen molar-refractivity contribution >= 4 is 28.9 Å². The molecule has 0 aliphatic carbocycles. The quantitative estimate of drug-likeness (QED) is 0.913. The SMILES string of the molecule is O=C1COc2ccc(NCc3ccc(Cl)c(F)c3)cc2N1. The lowest BCUT2D eigenvalue weighted by molar-refractivity contribution is -0.118. The van der Waals surface area contributed by atoms with Gasteiger partial charge >= 0.3 is 0 Å². The Kier molecular flexibility index (Phi) is 3.66. The fraction of sp³-hybridized carbons (Fsp3) is 0.133. The molecule has 0 spiro atoms. The average Bonchev–Trinajstić information content (AvgIpc) is 2.48. The molecule has 0 unspecified atom stereocenters. The van der Waals surface area contributed by atoms with Crippen molar-refractivity contribution in [3.63, 3.8) is 0 Å². The molecule has 6 heteroatoms. The summed E-state index contributed by atoms with van der Waals surface area (Å²) in [6, 6.07) is 10.1. The van der Waals surface area contributed by atoms with Gasteiger partial charge in [0.05, 0.1) is 10.7 Å². The number of rotatable bonds is 3. The highest BCUT2D eigenvalue weighted by atomic mass is 35.5. The number of amides is 1. The largest absolute Gasteiger partial charge is 0.482 e. The van der Waals surface area contributed by atoms with Gasteiger partial charge in [0, 0.05) is 12.2 Å². The number of anilines is 2.